The molecule has 1 unspecified atom stereocenters. The molecule has 0 radical (unpaired) electrons. The highest BCUT2D eigenvalue weighted by Gasteiger charge is 2.44. The second kappa shape index (κ2) is 11.3. The summed E-state index contributed by atoms with van der Waals surface area (Å²) in [5, 5.41) is 18.8. The van der Waals surface area contributed by atoms with E-state index in [-0.39, 0.29) is 29.1 Å². The zero-order valence-corrected chi connectivity index (χ0v) is 21.1. The smallest absolute Gasteiger partial charge is 0.416 e. The molecule has 40 heavy (non-hydrogen) atoms. The predicted octanol–water partition coefficient (Wildman–Crippen LogP) is 5.66. The lowest BCUT2D eigenvalue weighted by Crippen LogP contribution is -2.52. The molecule has 0 spiro atoms. The van der Waals surface area contributed by atoms with Gasteiger partial charge in [0.1, 0.15) is 13.2 Å². The van der Waals surface area contributed by atoms with E-state index in [2.05, 4.69) is 0 Å². The molecule has 0 saturated heterocycles. The number of urea groups is 1. The molecule has 1 aliphatic rings. The van der Waals surface area contributed by atoms with Crippen molar-refractivity contribution in [3.8, 4) is 6.07 Å². The Bertz CT molecular complexity index is 1510. The number of aliphatic carboxylic acids is 1. The molecular formula is C29H22F3N3O5. The van der Waals surface area contributed by atoms with Gasteiger partial charge in [-0.1, -0.05) is 48.5 Å². The van der Waals surface area contributed by atoms with Crippen LogP contribution in [0.5, 0.6) is 0 Å². The monoisotopic (exact) mass is 549 g/mol. The molecule has 4 rings (SSSR count). The molecule has 0 aromatic heterocycles. The highest BCUT2D eigenvalue weighted by molar-refractivity contribution is 6.04. The van der Waals surface area contributed by atoms with Crippen LogP contribution in [0.1, 0.15) is 35.2 Å². The van der Waals surface area contributed by atoms with Crippen molar-refractivity contribution in [1.29, 1.82) is 5.26 Å². The van der Waals surface area contributed by atoms with Crippen LogP contribution in [0.4, 0.5) is 23.7 Å². The van der Waals surface area contributed by atoms with Crippen LogP contribution in [-0.4, -0.2) is 34.5 Å². The third kappa shape index (κ3) is 5.81. The fraction of sp³-hybridized carbons (Fsp3) is 0.172. The minimum absolute atomic E-state index is 0.0293. The van der Waals surface area contributed by atoms with E-state index < -0.39 is 42.3 Å². The first-order valence-electron chi connectivity index (χ1n) is 11.9. The summed E-state index contributed by atoms with van der Waals surface area (Å²) in [6.45, 7) is 0.362. The number of carboxylic acids is 1. The van der Waals surface area contributed by atoms with Crippen LogP contribution >= 0.6 is 0 Å². The van der Waals surface area contributed by atoms with Gasteiger partial charge >= 0.3 is 24.1 Å². The van der Waals surface area contributed by atoms with Gasteiger partial charge in [0.25, 0.3) is 0 Å². The molecule has 11 heteroatoms. The van der Waals surface area contributed by atoms with Crippen LogP contribution < -0.4 is 4.90 Å². The van der Waals surface area contributed by atoms with Crippen molar-refractivity contribution in [2.45, 2.75) is 25.7 Å². The van der Waals surface area contributed by atoms with Crippen molar-refractivity contribution < 1.29 is 37.4 Å². The van der Waals surface area contributed by atoms with Crippen molar-refractivity contribution in [1.82, 2.24) is 4.90 Å². The highest BCUT2D eigenvalue weighted by atomic mass is 19.4. The Hall–Kier alpha value is -5.11. The van der Waals surface area contributed by atoms with E-state index in [1.54, 1.807) is 30.3 Å². The first-order chi connectivity index (χ1) is 19.0. The number of esters is 1. The maximum Gasteiger partial charge on any atom is 0.416 e. The molecule has 0 saturated carbocycles. The number of carbonyl (C=O) groups is 3. The van der Waals surface area contributed by atoms with Gasteiger partial charge < -0.3 is 14.7 Å². The number of anilines is 1. The van der Waals surface area contributed by atoms with Crippen LogP contribution in [0.3, 0.4) is 0 Å². The molecule has 8 nitrogen and oxygen atoms in total. The Morgan fingerprint density at radius 1 is 1.02 bits per heavy atom. The number of allylic oxidation sites excluding steroid dienone is 1. The third-order valence-electron chi connectivity index (χ3n) is 6.27. The number of hydrogen-bond acceptors (Lipinski definition) is 5. The third-order valence-corrected chi connectivity index (χ3v) is 6.27. The van der Waals surface area contributed by atoms with Gasteiger partial charge in [-0.2, -0.15) is 18.4 Å². The summed E-state index contributed by atoms with van der Waals surface area (Å²) in [5.41, 5.74) is -0.152. The molecule has 0 bridgehead atoms. The second-order valence-electron chi connectivity index (χ2n) is 8.88. The van der Waals surface area contributed by atoms with Crippen LogP contribution in [0.2, 0.25) is 0 Å². The molecule has 1 atom stereocenters. The fourth-order valence-electron chi connectivity index (χ4n) is 4.43. The van der Waals surface area contributed by atoms with Gasteiger partial charge in [-0.25, -0.2) is 9.59 Å². The van der Waals surface area contributed by atoms with E-state index in [9.17, 15) is 37.9 Å². The average Bonchev–Trinajstić information content (AvgIpc) is 2.93. The number of rotatable bonds is 7. The number of carboxylic acid groups (broad SMARTS) is 1. The molecule has 0 fully saturated rings. The fourth-order valence-corrected chi connectivity index (χ4v) is 4.43. The Kier molecular flexibility index (Phi) is 7.90. The second-order valence-corrected chi connectivity index (χ2v) is 8.88. The van der Waals surface area contributed by atoms with Gasteiger partial charge in [-0.15, -0.1) is 0 Å². The molecular weight excluding hydrogens is 527 g/mol. The Labute approximate surface area is 227 Å². The van der Waals surface area contributed by atoms with E-state index in [0.29, 0.717) is 11.1 Å². The van der Waals surface area contributed by atoms with Crippen molar-refractivity contribution in [3.05, 3.63) is 112 Å². The lowest BCUT2D eigenvalue weighted by atomic mass is 9.92. The maximum atomic E-state index is 13.8. The van der Waals surface area contributed by atoms with E-state index in [1.807, 2.05) is 6.07 Å². The standard InChI is InChI=1S/C29H22F3N3O5/c1-18-25(27(38)40-17-20-6-3-2-4-7-20)26(21-12-10-19(15-33)11-13-21)34(16-24(36)37)28(39)35(18)23-9-5-8-22(14-23)29(30,31)32/h2-14,26H,16-17H2,1H3,(H,36,37). The molecule has 3 aromatic carbocycles. The number of carbonyl (C=O) groups excluding carboxylic acids is 2. The van der Waals surface area contributed by atoms with Gasteiger partial charge in [0.2, 0.25) is 0 Å². The Morgan fingerprint density at radius 3 is 2.30 bits per heavy atom. The van der Waals surface area contributed by atoms with Crippen molar-refractivity contribution in [2.24, 2.45) is 0 Å². The number of alkyl halides is 3. The van der Waals surface area contributed by atoms with Gasteiger partial charge in [0, 0.05) is 5.70 Å². The van der Waals surface area contributed by atoms with E-state index >= 15 is 0 Å². The normalized spacial score (nSPS) is 15.6. The predicted molar refractivity (Wildman–Crippen MR) is 136 cm³/mol. The maximum absolute atomic E-state index is 13.8. The molecule has 0 aliphatic carbocycles. The van der Waals surface area contributed by atoms with E-state index in [4.69, 9.17) is 4.74 Å². The minimum atomic E-state index is -4.71. The van der Waals surface area contributed by atoms with Crippen LogP contribution in [0.25, 0.3) is 0 Å². The molecule has 1 N–H and O–H groups in total. The number of benzene rings is 3. The average molecular weight is 550 g/mol. The highest BCUT2D eigenvalue weighted by Crippen LogP contribution is 2.41. The van der Waals surface area contributed by atoms with E-state index in [0.717, 1.165) is 28.0 Å². The summed E-state index contributed by atoms with van der Waals surface area (Å²) in [6, 6.07) is 18.3. The number of hydrogen-bond donors (Lipinski definition) is 1. The van der Waals surface area contributed by atoms with Crippen LogP contribution in [0.15, 0.2) is 90.1 Å². The summed E-state index contributed by atoms with van der Waals surface area (Å²) >= 11 is 0. The number of ether oxygens (including phenoxy) is 1. The van der Waals surface area contributed by atoms with Crippen molar-refractivity contribution in [3.63, 3.8) is 0 Å². The summed E-state index contributed by atoms with van der Waals surface area (Å²) in [7, 11) is 0. The first-order valence-corrected chi connectivity index (χ1v) is 11.9. The molecule has 1 aliphatic heterocycles. The lowest BCUT2D eigenvalue weighted by molar-refractivity contribution is -0.142. The van der Waals surface area contributed by atoms with Crippen LogP contribution in [-0.2, 0) is 27.1 Å². The SMILES string of the molecule is CC1=C(C(=O)OCc2ccccc2)C(c2ccc(C#N)cc2)N(CC(=O)O)C(=O)N1c1cccc(C(F)(F)F)c1. The largest absolute Gasteiger partial charge is 0.480 e. The quantitative estimate of drug-likeness (QED) is 0.381. The summed E-state index contributed by atoms with van der Waals surface area (Å²) in [6.07, 6.45) is -4.71. The lowest BCUT2D eigenvalue weighted by Gasteiger charge is -2.42. The minimum Gasteiger partial charge on any atom is -0.480 e. The van der Waals surface area contributed by atoms with Crippen molar-refractivity contribution >= 4 is 23.7 Å². The van der Waals surface area contributed by atoms with Gasteiger partial charge in [0.15, 0.2) is 0 Å². The van der Waals surface area contributed by atoms with Gasteiger partial charge in [-0.05, 0) is 48.4 Å². The number of amides is 2. The molecule has 204 valence electrons. The summed E-state index contributed by atoms with van der Waals surface area (Å²) in [5.74, 6) is -2.30. The summed E-state index contributed by atoms with van der Waals surface area (Å²) < 4.78 is 46.0. The first kappa shape index (κ1) is 27.9. The molecule has 3 aromatic rings. The van der Waals surface area contributed by atoms with Crippen molar-refractivity contribution in [2.75, 3.05) is 11.4 Å². The Morgan fingerprint density at radius 2 is 1.70 bits per heavy atom. The number of nitrogens with zero attached hydrogens (tertiary/aromatic N) is 3. The number of nitriles is 1. The van der Waals surface area contributed by atoms with Crippen LogP contribution in [0, 0.1) is 11.3 Å². The topological polar surface area (TPSA) is 111 Å². The van der Waals surface area contributed by atoms with Gasteiger partial charge in [0.05, 0.1) is 34.5 Å². The van der Waals surface area contributed by atoms with E-state index in [1.165, 1.54) is 37.3 Å². The zero-order valence-electron chi connectivity index (χ0n) is 21.1. The van der Waals surface area contributed by atoms with Gasteiger partial charge in [-0.3, -0.25) is 9.69 Å². The molecule has 2 amide bonds. The zero-order chi connectivity index (χ0) is 29.0. The summed E-state index contributed by atoms with van der Waals surface area (Å²) in [4.78, 5) is 41.0. The Balaban J connectivity index is 1.89. The number of halogens is 3. The molecule has 1 heterocycles.